The molecule has 2 rings (SSSR count). The highest BCUT2D eigenvalue weighted by atomic mass is 35.5. The predicted octanol–water partition coefficient (Wildman–Crippen LogP) is 4.55. The molecule has 21 heavy (non-hydrogen) atoms. The molecule has 0 bridgehead atoms. The Hall–Kier alpha value is -1.06. The maximum Gasteiger partial charge on any atom is 0.0652 e. The number of aliphatic hydroxyl groups excluding tert-OH is 1. The minimum absolute atomic E-state index is 0.00265. The largest absolute Gasteiger partial charge is 0.394 e. The normalized spacial score (nSPS) is 15.5. The van der Waals surface area contributed by atoms with Crippen LogP contribution in [0, 0.1) is 0 Å². The van der Waals surface area contributed by atoms with E-state index in [0.717, 1.165) is 11.1 Å². The molecule has 0 aliphatic rings. The summed E-state index contributed by atoms with van der Waals surface area (Å²) in [6.45, 7) is 4.02. The predicted molar refractivity (Wildman–Crippen MR) is 88.9 cm³/mol. The van der Waals surface area contributed by atoms with Gasteiger partial charge in [-0.3, -0.25) is 5.32 Å². The Bertz CT molecular complexity index is 603. The Balaban J connectivity index is 2.23. The molecule has 2 aromatic carbocycles. The second-order valence-corrected chi connectivity index (χ2v) is 6.21. The van der Waals surface area contributed by atoms with Gasteiger partial charge >= 0.3 is 0 Å². The van der Waals surface area contributed by atoms with Crippen molar-refractivity contribution in [3.05, 3.63) is 69.7 Å². The highest BCUT2D eigenvalue weighted by Gasteiger charge is 2.27. The van der Waals surface area contributed by atoms with E-state index >= 15 is 0 Å². The van der Waals surface area contributed by atoms with Gasteiger partial charge < -0.3 is 5.11 Å². The molecule has 2 nitrogen and oxygen atoms in total. The van der Waals surface area contributed by atoms with Gasteiger partial charge in [-0.1, -0.05) is 59.6 Å². The lowest BCUT2D eigenvalue weighted by molar-refractivity contribution is 0.163. The number of hydrogen-bond acceptors (Lipinski definition) is 2. The molecule has 0 spiro atoms. The summed E-state index contributed by atoms with van der Waals surface area (Å²) in [4.78, 5) is 0. The van der Waals surface area contributed by atoms with Gasteiger partial charge in [-0.2, -0.15) is 0 Å². The molecule has 0 saturated heterocycles. The number of halogens is 2. The lowest BCUT2D eigenvalue weighted by atomic mass is 9.91. The number of benzene rings is 2. The molecule has 0 fully saturated rings. The maximum absolute atomic E-state index is 9.82. The second kappa shape index (κ2) is 6.80. The molecule has 2 aromatic rings. The first-order chi connectivity index (χ1) is 9.96. The van der Waals surface area contributed by atoms with Crippen LogP contribution in [0.5, 0.6) is 0 Å². The Morgan fingerprint density at radius 1 is 1.10 bits per heavy atom. The topological polar surface area (TPSA) is 32.3 Å². The Morgan fingerprint density at radius 2 is 1.76 bits per heavy atom. The fourth-order valence-corrected chi connectivity index (χ4v) is 2.68. The monoisotopic (exact) mass is 323 g/mol. The molecule has 0 radical (unpaired) electrons. The quantitative estimate of drug-likeness (QED) is 0.845. The van der Waals surface area contributed by atoms with Gasteiger partial charge in [0.25, 0.3) is 0 Å². The zero-order valence-corrected chi connectivity index (χ0v) is 13.6. The summed E-state index contributed by atoms with van der Waals surface area (Å²) in [6.07, 6.45) is 0. The van der Waals surface area contributed by atoms with E-state index in [2.05, 4.69) is 5.32 Å². The molecule has 4 heteroatoms. The molecule has 0 saturated carbocycles. The van der Waals surface area contributed by atoms with Crippen LogP contribution in [0.1, 0.15) is 31.0 Å². The number of hydrogen-bond donors (Lipinski definition) is 2. The minimum Gasteiger partial charge on any atom is -0.394 e. The third kappa shape index (κ3) is 3.78. The van der Waals surface area contributed by atoms with E-state index in [9.17, 15) is 5.11 Å². The smallest absolute Gasteiger partial charge is 0.0652 e. The van der Waals surface area contributed by atoms with Gasteiger partial charge in [-0.15, -0.1) is 0 Å². The van der Waals surface area contributed by atoms with Crippen LogP contribution in [0.4, 0.5) is 0 Å². The molecular formula is C17H19Cl2NO. The fraction of sp³-hybridized carbons (Fsp3) is 0.294. The lowest BCUT2D eigenvalue weighted by Gasteiger charge is -2.33. The van der Waals surface area contributed by atoms with Crippen molar-refractivity contribution in [1.29, 1.82) is 0 Å². The third-order valence-electron chi connectivity index (χ3n) is 3.71. The van der Waals surface area contributed by atoms with Crippen molar-refractivity contribution in [3.63, 3.8) is 0 Å². The second-order valence-electron chi connectivity index (χ2n) is 5.40. The first kappa shape index (κ1) is 16.3. The molecule has 2 N–H and O–H groups in total. The van der Waals surface area contributed by atoms with Crippen LogP contribution in [0.25, 0.3) is 0 Å². The summed E-state index contributed by atoms with van der Waals surface area (Å²) >= 11 is 12.0. The van der Waals surface area contributed by atoms with E-state index in [4.69, 9.17) is 23.2 Å². The maximum atomic E-state index is 9.82. The summed E-state index contributed by atoms with van der Waals surface area (Å²) in [6, 6.07) is 15.5. The zero-order chi connectivity index (χ0) is 15.5. The van der Waals surface area contributed by atoms with Crippen molar-refractivity contribution in [2.75, 3.05) is 6.61 Å². The highest BCUT2D eigenvalue weighted by molar-refractivity contribution is 6.42. The van der Waals surface area contributed by atoms with Gasteiger partial charge in [0, 0.05) is 6.04 Å². The van der Waals surface area contributed by atoms with Crippen molar-refractivity contribution < 1.29 is 5.11 Å². The molecule has 2 atom stereocenters. The van der Waals surface area contributed by atoms with Crippen LogP contribution in [0.15, 0.2) is 48.5 Å². The molecular weight excluding hydrogens is 305 g/mol. The van der Waals surface area contributed by atoms with Gasteiger partial charge in [0.05, 0.1) is 22.2 Å². The molecule has 112 valence electrons. The van der Waals surface area contributed by atoms with Gasteiger partial charge in [0.1, 0.15) is 0 Å². The lowest BCUT2D eigenvalue weighted by Crippen LogP contribution is -2.44. The number of aliphatic hydroxyl groups is 1. The Morgan fingerprint density at radius 3 is 2.33 bits per heavy atom. The van der Waals surface area contributed by atoms with Crippen LogP contribution in [0.3, 0.4) is 0 Å². The average Bonchev–Trinajstić information content (AvgIpc) is 2.50. The van der Waals surface area contributed by atoms with Crippen LogP contribution < -0.4 is 5.32 Å². The average molecular weight is 324 g/mol. The van der Waals surface area contributed by atoms with Crippen molar-refractivity contribution >= 4 is 23.2 Å². The van der Waals surface area contributed by atoms with Crippen LogP contribution in [-0.4, -0.2) is 11.7 Å². The number of nitrogens with one attached hydrogen (secondary N) is 1. The van der Waals surface area contributed by atoms with E-state index in [0.29, 0.717) is 10.0 Å². The SMILES string of the molecule is CC(NC(C)(CO)c1ccccc1)c1ccc(Cl)c(Cl)c1. The first-order valence-corrected chi connectivity index (χ1v) is 7.61. The van der Waals surface area contributed by atoms with Gasteiger partial charge in [-0.05, 0) is 37.1 Å². The van der Waals surface area contributed by atoms with Gasteiger partial charge in [0.2, 0.25) is 0 Å². The van der Waals surface area contributed by atoms with Crippen LogP contribution >= 0.6 is 23.2 Å². The standard InChI is InChI=1S/C17H19Cl2NO/c1-12(13-8-9-15(18)16(19)10-13)20-17(2,11-21)14-6-4-3-5-7-14/h3-10,12,20-21H,11H2,1-2H3. The highest BCUT2D eigenvalue weighted by Crippen LogP contribution is 2.28. The minimum atomic E-state index is -0.521. The summed E-state index contributed by atoms with van der Waals surface area (Å²) in [7, 11) is 0. The molecule has 0 aromatic heterocycles. The summed E-state index contributed by atoms with van der Waals surface area (Å²) < 4.78 is 0. The van der Waals surface area contributed by atoms with E-state index in [1.165, 1.54) is 0 Å². The Kier molecular flexibility index (Phi) is 5.28. The van der Waals surface area contributed by atoms with Gasteiger partial charge in [0.15, 0.2) is 0 Å². The molecule has 2 unspecified atom stereocenters. The zero-order valence-electron chi connectivity index (χ0n) is 12.1. The van der Waals surface area contributed by atoms with Crippen molar-refractivity contribution in [3.8, 4) is 0 Å². The molecule has 0 aliphatic carbocycles. The molecule has 0 heterocycles. The van der Waals surface area contributed by atoms with Crippen molar-refractivity contribution in [2.24, 2.45) is 0 Å². The third-order valence-corrected chi connectivity index (χ3v) is 4.44. The van der Waals surface area contributed by atoms with Crippen LogP contribution in [0.2, 0.25) is 10.0 Å². The fourth-order valence-electron chi connectivity index (χ4n) is 2.37. The van der Waals surface area contributed by atoms with E-state index in [-0.39, 0.29) is 12.6 Å². The molecule has 0 amide bonds. The first-order valence-electron chi connectivity index (χ1n) is 6.85. The van der Waals surface area contributed by atoms with Gasteiger partial charge in [-0.25, -0.2) is 0 Å². The molecule has 0 aliphatic heterocycles. The van der Waals surface area contributed by atoms with Crippen LogP contribution in [-0.2, 0) is 5.54 Å². The van der Waals surface area contributed by atoms with Crippen molar-refractivity contribution in [2.45, 2.75) is 25.4 Å². The summed E-state index contributed by atoms with van der Waals surface area (Å²) in [5.74, 6) is 0. The Labute approximate surface area is 135 Å². The van der Waals surface area contributed by atoms with Crippen molar-refractivity contribution in [1.82, 2.24) is 5.32 Å². The van der Waals surface area contributed by atoms with E-state index in [1.807, 2.05) is 56.3 Å². The summed E-state index contributed by atoms with van der Waals surface area (Å²) in [5, 5.41) is 14.4. The van der Waals surface area contributed by atoms with E-state index < -0.39 is 5.54 Å². The number of rotatable bonds is 5. The summed E-state index contributed by atoms with van der Waals surface area (Å²) in [5.41, 5.74) is 1.55. The van der Waals surface area contributed by atoms with E-state index in [1.54, 1.807) is 6.07 Å².